The second-order valence-corrected chi connectivity index (χ2v) is 7.13. The lowest BCUT2D eigenvalue weighted by atomic mass is 9.69. The average molecular weight is 309 g/mol. The smallest absolute Gasteiger partial charge is 0.175 e. The number of unbranched alkanes of at least 4 members (excludes halogenated alkanes) is 9. The van der Waals surface area contributed by atoms with E-state index in [0.29, 0.717) is 12.4 Å². The lowest BCUT2D eigenvalue weighted by molar-refractivity contribution is -0.128. The third-order valence-corrected chi connectivity index (χ3v) is 4.75. The van der Waals surface area contributed by atoms with E-state index in [9.17, 15) is 4.79 Å². The van der Waals surface area contributed by atoms with Crippen LogP contribution in [0.15, 0.2) is 11.3 Å². The van der Waals surface area contributed by atoms with E-state index in [1.54, 1.807) is 0 Å². The Balaban J connectivity index is 2.09. The Morgan fingerprint density at radius 2 is 1.32 bits per heavy atom. The maximum Gasteiger partial charge on any atom is 0.175 e. The fraction of sp³-hybridized carbons (Fsp3) is 0.850. The quantitative estimate of drug-likeness (QED) is 0.379. The van der Waals surface area contributed by atoms with E-state index in [4.69, 9.17) is 4.74 Å². The van der Waals surface area contributed by atoms with Crippen molar-refractivity contribution < 1.29 is 9.53 Å². The molecule has 0 atom stereocenters. The van der Waals surface area contributed by atoms with E-state index in [1.807, 2.05) is 20.8 Å². The molecule has 0 aromatic carbocycles. The number of allylic oxidation sites excluding steroid dienone is 2. The molecule has 0 heterocycles. The van der Waals surface area contributed by atoms with Crippen molar-refractivity contribution in [1.29, 1.82) is 0 Å². The number of carbonyl (C=O) groups excluding carboxylic acids is 1. The third kappa shape index (κ3) is 5.44. The van der Waals surface area contributed by atoms with Crippen LogP contribution in [0.3, 0.4) is 0 Å². The second-order valence-electron chi connectivity index (χ2n) is 7.13. The summed E-state index contributed by atoms with van der Waals surface area (Å²) < 4.78 is 5.68. The van der Waals surface area contributed by atoms with Crippen LogP contribution in [0.25, 0.3) is 0 Å². The molecule has 0 spiro atoms. The normalized spacial score (nSPS) is 16.8. The van der Waals surface area contributed by atoms with Gasteiger partial charge in [0.05, 0.1) is 12.0 Å². The summed E-state index contributed by atoms with van der Waals surface area (Å²) in [5, 5.41) is 0. The van der Waals surface area contributed by atoms with Gasteiger partial charge in [0.1, 0.15) is 5.76 Å². The summed E-state index contributed by atoms with van der Waals surface area (Å²) in [6.07, 6.45) is 14.2. The molecule has 0 radical (unpaired) electrons. The summed E-state index contributed by atoms with van der Waals surface area (Å²) >= 11 is 0. The number of carbonyl (C=O) groups is 1. The van der Waals surface area contributed by atoms with Crippen LogP contribution in [-0.4, -0.2) is 12.4 Å². The van der Waals surface area contributed by atoms with Gasteiger partial charge in [-0.1, -0.05) is 64.7 Å². The predicted octanol–water partition coefficient (Wildman–Crippen LogP) is 6.20. The van der Waals surface area contributed by atoms with Crippen LogP contribution < -0.4 is 0 Å². The molecule has 0 aliphatic heterocycles. The summed E-state index contributed by atoms with van der Waals surface area (Å²) in [5.41, 5.74) is 0.593. The minimum Gasteiger partial charge on any atom is -0.497 e. The number of hydrogen-bond donors (Lipinski definition) is 0. The Morgan fingerprint density at radius 1 is 0.818 bits per heavy atom. The number of ether oxygens (including phenoxy) is 1. The summed E-state index contributed by atoms with van der Waals surface area (Å²) in [7, 11) is 0. The molecule has 128 valence electrons. The van der Waals surface area contributed by atoms with Crippen molar-refractivity contribution in [3.8, 4) is 0 Å². The first-order chi connectivity index (χ1) is 10.6. The highest BCUT2D eigenvalue weighted by molar-refractivity contribution is 6.08. The SMILES string of the molecule is CCCCCCCCCCCCC1=C(OCC)C(C)(C)C1=O. The molecule has 1 aliphatic carbocycles. The second kappa shape index (κ2) is 10.1. The summed E-state index contributed by atoms with van der Waals surface area (Å²) in [6.45, 7) is 8.86. The Kier molecular flexibility index (Phi) is 8.82. The van der Waals surface area contributed by atoms with Gasteiger partial charge < -0.3 is 4.74 Å². The van der Waals surface area contributed by atoms with Crippen LogP contribution >= 0.6 is 0 Å². The van der Waals surface area contributed by atoms with Gasteiger partial charge in [-0.3, -0.25) is 4.79 Å². The van der Waals surface area contributed by atoms with E-state index >= 15 is 0 Å². The highest BCUT2D eigenvalue weighted by Gasteiger charge is 2.47. The van der Waals surface area contributed by atoms with Gasteiger partial charge in [0.15, 0.2) is 5.78 Å². The van der Waals surface area contributed by atoms with Crippen molar-refractivity contribution in [1.82, 2.24) is 0 Å². The molecule has 22 heavy (non-hydrogen) atoms. The Bertz CT molecular complexity index is 366. The largest absolute Gasteiger partial charge is 0.497 e. The summed E-state index contributed by atoms with van der Waals surface area (Å²) in [4.78, 5) is 12.1. The van der Waals surface area contributed by atoms with Crippen LogP contribution in [0.4, 0.5) is 0 Å². The number of hydrogen-bond acceptors (Lipinski definition) is 2. The molecule has 0 unspecified atom stereocenters. The highest BCUT2D eigenvalue weighted by atomic mass is 16.5. The van der Waals surface area contributed by atoms with Crippen molar-refractivity contribution in [2.24, 2.45) is 5.41 Å². The van der Waals surface area contributed by atoms with Crippen molar-refractivity contribution in [2.75, 3.05) is 6.61 Å². The van der Waals surface area contributed by atoms with Gasteiger partial charge in [-0.15, -0.1) is 0 Å². The Hall–Kier alpha value is -0.790. The Labute approximate surface area is 137 Å². The van der Waals surface area contributed by atoms with Crippen LogP contribution in [0.1, 0.15) is 98.3 Å². The van der Waals surface area contributed by atoms with Gasteiger partial charge in [-0.2, -0.15) is 0 Å². The third-order valence-electron chi connectivity index (χ3n) is 4.75. The maximum atomic E-state index is 12.1. The van der Waals surface area contributed by atoms with Crippen LogP contribution in [0.2, 0.25) is 0 Å². The fourth-order valence-electron chi connectivity index (χ4n) is 3.33. The van der Waals surface area contributed by atoms with E-state index in [1.165, 1.54) is 57.8 Å². The average Bonchev–Trinajstić information content (AvgIpc) is 2.51. The fourth-order valence-corrected chi connectivity index (χ4v) is 3.33. The highest BCUT2D eigenvalue weighted by Crippen LogP contribution is 2.44. The molecule has 0 bridgehead atoms. The molecular weight excluding hydrogens is 272 g/mol. The van der Waals surface area contributed by atoms with E-state index in [2.05, 4.69) is 6.92 Å². The summed E-state index contributed by atoms with van der Waals surface area (Å²) in [5.74, 6) is 1.25. The molecule has 1 aliphatic rings. The molecule has 0 fully saturated rings. The van der Waals surface area contributed by atoms with Gasteiger partial charge in [-0.25, -0.2) is 0 Å². The minimum absolute atomic E-state index is 0.298. The predicted molar refractivity (Wildman–Crippen MR) is 93.9 cm³/mol. The maximum absolute atomic E-state index is 12.1. The first-order valence-corrected chi connectivity index (χ1v) is 9.46. The molecule has 0 aromatic heterocycles. The van der Waals surface area contributed by atoms with Crippen molar-refractivity contribution in [2.45, 2.75) is 98.3 Å². The van der Waals surface area contributed by atoms with Gasteiger partial charge >= 0.3 is 0 Å². The van der Waals surface area contributed by atoms with Gasteiger partial charge in [0.25, 0.3) is 0 Å². The monoisotopic (exact) mass is 308 g/mol. The number of Topliss-reactive ketones (excluding diaryl/α,β-unsaturated/α-hetero) is 1. The molecular formula is C20H36O2. The lowest BCUT2D eigenvalue weighted by Crippen LogP contribution is -2.40. The first-order valence-electron chi connectivity index (χ1n) is 9.46. The molecule has 2 nitrogen and oxygen atoms in total. The molecule has 0 N–H and O–H groups in total. The molecule has 0 amide bonds. The van der Waals surface area contributed by atoms with Crippen LogP contribution in [0, 0.1) is 5.41 Å². The molecule has 0 saturated carbocycles. The topological polar surface area (TPSA) is 26.3 Å². The van der Waals surface area contributed by atoms with E-state index < -0.39 is 0 Å². The number of ketones is 1. The van der Waals surface area contributed by atoms with Crippen molar-refractivity contribution in [3.63, 3.8) is 0 Å². The van der Waals surface area contributed by atoms with Crippen LogP contribution in [-0.2, 0) is 9.53 Å². The number of rotatable bonds is 13. The van der Waals surface area contributed by atoms with E-state index in [0.717, 1.165) is 24.2 Å². The summed E-state index contributed by atoms with van der Waals surface area (Å²) in [6, 6.07) is 0. The molecule has 2 heteroatoms. The zero-order chi connectivity index (χ0) is 16.4. The zero-order valence-electron chi connectivity index (χ0n) is 15.3. The molecule has 0 saturated heterocycles. The van der Waals surface area contributed by atoms with Crippen LogP contribution in [0.5, 0.6) is 0 Å². The standard InChI is InChI=1S/C20H36O2/c1-5-7-8-9-10-11-12-13-14-15-16-17-18(21)20(3,4)19(17)22-6-2/h5-16H2,1-4H3. The molecule has 1 rings (SSSR count). The zero-order valence-corrected chi connectivity index (χ0v) is 15.3. The van der Waals surface area contributed by atoms with Gasteiger partial charge in [0.2, 0.25) is 0 Å². The van der Waals surface area contributed by atoms with Gasteiger partial charge in [-0.05, 0) is 33.6 Å². The minimum atomic E-state index is -0.371. The first kappa shape index (κ1) is 19.3. The van der Waals surface area contributed by atoms with Crippen molar-refractivity contribution in [3.05, 3.63) is 11.3 Å². The van der Waals surface area contributed by atoms with Gasteiger partial charge in [0, 0.05) is 5.57 Å². The Morgan fingerprint density at radius 3 is 1.82 bits per heavy atom. The van der Waals surface area contributed by atoms with E-state index in [-0.39, 0.29) is 5.41 Å². The lowest BCUT2D eigenvalue weighted by Gasteiger charge is -2.38. The molecule has 0 aromatic rings. The van der Waals surface area contributed by atoms with Crippen molar-refractivity contribution >= 4 is 5.78 Å².